The molecule has 1 aliphatic rings. The Bertz CT molecular complexity index is 305. The van der Waals surface area contributed by atoms with Crippen LogP contribution < -0.4 is 5.32 Å². The fraction of sp³-hybridized carbons (Fsp3) is 0.667. The summed E-state index contributed by atoms with van der Waals surface area (Å²) >= 11 is 0. The van der Waals surface area contributed by atoms with E-state index in [1.165, 1.54) is 12.0 Å². The highest BCUT2D eigenvalue weighted by Gasteiger charge is 2.34. The third kappa shape index (κ3) is 1.48. The van der Waals surface area contributed by atoms with Gasteiger partial charge in [-0.3, -0.25) is 0 Å². The van der Waals surface area contributed by atoms with Crippen LogP contribution in [0.25, 0.3) is 0 Å². The largest absolute Gasteiger partial charge is 0.469 e. The van der Waals surface area contributed by atoms with Crippen molar-refractivity contribution in [3.63, 3.8) is 0 Å². The summed E-state index contributed by atoms with van der Waals surface area (Å²) in [6, 6.07) is 2.76. The van der Waals surface area contributed by atoms with Gasteiger partial charge in [0.25, 0.3) is 0 Å². The predicted octanol–water partition coefficient (Wildman–Crippen LogP) is 2.69. The summed E-state index contributed by atoms with van der Waals surface area (Å²) in [7, 11) is 0. The first-order valence-electron chi connectivity index (χ1n) is 5.51. The minimum Gasteiger partial charge on any atom is -0.469 e. The summed E-state index contributed by atoms with van der Waals surface area (Å²) in [5.74, 6) is 2.44. The highest BCUT2D eigenvalue weighted by molar-refractivity contribution is 5.25. The second kappa shape index (κ2) is 3.77. The Morgan fingerprint density at radius 1 is 1.57 bits per heavy atom. The number of aryl methyl sites for hydroxylation is 1. The molecule has 1 aliphatic heterocycles. The first-order valence-corrected chi connectivity index (χ1v) is 5.51. The number of hydrogen-bond donors (Lipinski definition) is 1. The lowest BCUT2D eigenvalue weighted by atomic mass is 9.84. The van der Waals surface area contributed by atoms with Crippen molar-refractivity contribution in [2.45, 2.75) is 39.2 Å². The van der Waals surface area contributed by atoms with Crippen molar-refractivity contribution in [1.82, 2.24) is 5.32 Å². The number of furan rings is 1. The van der Waals surface area contributed by atoms with Crippen molar-refractivity contribution in [2.24, 2.45) is 5.92 Å². The molecule has 1 saturated heterocycles. The molecule has 0 saturated carbocycles. The van der Waals surface area contributed by atoms with E-state index in [9.17, 15) is 0 Å². The monoisotopic (exact) mass is 193 g/mol. The van der Waals surface area contributed by atoms with Crippen LogP contribution in [0.3, 0.4) is 0 Å². The van der Waals surface area contributed by atoms with Gasteiger partial charge in [0.05, 0.1) is 6.26 Å². The molecule has 2 rings (SSSR count). The Morgan fingerprint density at radius 3 is 2.93 bits per heavy atom. The van der Waals surface area contributed by atoms with E-state index < -0.39 is 0 Å². The Labute approximate surface area is 85.7 Å². The van der Waals surface area contributed by atoms with E-state index in [1.807, 2.05) is 6.26 Å². The van der Waals surface area contributed by atoms with Gasteiger partial charge in [0.2, 0.25) is 0 Å². The van der Waals surface area contributed by atoms with Gasteiger partial charge < -0.3 is 9.73 Å². The molecule has 1 N–H and O–H groups in total. The van der Waals surface area contributed by atoms with Crippen LogP contribution in [0.1, 0.15) is 37.5 Å². The molecule has 78 valence electrons. The van der Waals surface area contributed by atoms with Crippen LogP contribution in [0.2, 0.25) is 0 Å². The highest BCUT2D eigenvalue weighted by Crippen LogP contribution is 2.35. The van der Waals surface area contributed by atoms with Gasteiger partial charge >= 0.3 is 0 Å². The number of nitrogens with one attached hydrogen (secondary N) is 1. The molecule has 1 aromatic heterocycles. The second-order valence-corrected chi connectivity index (χ2v) is 4.36. The fourth-order valence-electron chi connectivity index (χ4n) is 2.65. The SMILES string of the molecule is CCC1NCC(C)C1c1ccoc1C. The van der Waals surface area contributed by atoms with Gasteiger partial charge in [-0.1, -0.05) is 13.8 Å². The molecule has 2 heteroatoms. The Kier molecular flexibility index (Phi) is 2.64. The minimum atomic E-state index is 0.626. The second-order valence-electron chi connectivity index (χ2n) is 4.36. The van der Waals surface area contributed by atoms with Crippen molar-refractivity contribution in [3.05, 3.63) is 23.7 Å². The van der Waals surface area contributed by atoms with Gasteiger partial charge in [-0.15, -0.1) is 0 Å². The van der Waals surface area contributed by atoms with Gasteiger partial charge in [-0.05, 0) is 37.4 Å². The minimum absolute atomic E-state index is 0.626. The normalized spacial score (nSPS) is 32.4. The quantitative estimate of drug-likeness (QED) is 0.781. The summed E-state index contributed by atoms with van der Waals surface area (Å²) in [6.45, 7) is 7.76. The van der Waals surface area contributed by atoms with Gasteiger partial charge in [0.1, 0.15) is 5.76 Å². The zero-order valence-corrected chi connectivity index (χ0v) is 9.21. The van der Waals surface area contributed by atoms with Crippen molar-refractivity contribution in [3.8, 4) is 0 Å². The van der Waals surface area contributed by atoms with Gasteiger partial charge in [-0.2, -0.15) is 0 Å². The summed E-state index contributed by atoms with van der Waals surface area (Å²) in [5, 5.41) is 3.58. The molecule has 3 atom stereocenters. The van der Waals surface area contributed by atoms with Crippen LogP contribution >= 0.6 is 0 Å². The summed E-state index contributed by atoms with van der Waals surface area (Å²) in [4.78, 5) is 0. The lowest BCUT2D eigenvalue weighted by Crippen LogP contribution is -2.25. The zero-order chi connectivity index (χ0) is 10.1. The van der Waals surface area contributed by atoms with Crippen LogP contribution in [-0.2, 0) is 0 Å². The molecule has 1 aromatic rings. The first kappa shape index (κ1) is 9.78. The Morgan fingerprint density at radius 2 is 2.36 bits per heavy atom. The van der Waals surface area contributed by atoms with Crippen molar-refractivity contribution < 1.29 is 4.42 Å². The van der Waals surface area contributed by atoms with E-state index in [2.05, 4.69) is 32.2 Å². The first-order chi connectivity index (χ1) is 6.74. The number of rotatable bonds is 2. The van der Waals surface area contributed by atoms with Crippen molar-refractivity contribution >= 4 is 0 Å². The summed E-state index contributed by atoms with van der Waals surface area (Å²) in [6.07, 6.45) is 3.00. The van der Waals surface area contributed by atoms with Crippen LogP contribution in [-0.4, -0.2) is 12.6 Å². The molecule has 3 unspecified atom stereocenters. The number of hydrogen-bond acceptors (Lipinski definition) is 2. The van der Waals surface area contributed by atoms with E-state index in [1.54, 1.807) is 0 Å². The van der Waals surface area contributed by atoms with Crippen molar-refractivity contribution in [2.75, 3.05) is 6.54 Å². The smallest absolute Gasteiger partial charge is 0.104 e. The molecule has 0 amide bonds. The fourth-order valence-corrected chi connectivity index (χ4v) is 2.65. The van der Waals surface area contributed by atoms with Gasteiger partial charge in [-0.25, -0.2) is 0 Å². The van der Waals surface area contributed by atoms with Gasteiger partial charge in [0.15, 0.2) is 0 Å². The molecule has 0 radical (unpaired) electrons. The molecule has 1 fully saturated rings. The zero-order valence-electron chi connectivity index (χ0n) is 9.21. The van der Waals surface area contributed by atoms with Crippen LogP contribution in [0, 0.1) is 12.8 Å². The maximum atomic E-state index is 5.39. The molecule has 0 aliphatic carbocycles. The summed E-state index contributed by atoms with van der Waals surface area (Å²) < 4.78 is 5.39. The molecule has 14 heavy (non-hydrogen) atoms. The average Bonchev–Trinajstić information content (AvgIpc) is 2.72. The molecule has 2 heterocycles. The van der Waals surface area contributed by atoms with E-state index in [4.69, 9.17) is 4.42 Å². The van der Waals surface area contributed by atoms with E-state index in [-0.39, 0.29) is 0 Å². The topological polar surface area (TPSA) is 25.2 Å². The molecule has 0 bridgehead atoms. The van der Waals surface area contributed by atoms with Crippen molar-refractivity contribution in [1.29, 1.82) is 0 Å². The maximum Gasteiger partial charge on any atom is 0.104 e. The lowest BCUT2D eigenvalue weighted by Gasteiger charge is -2.20. The van der Waals surface area contributed by atoms with Crippen LogP contribution in [0.4, 0.5) is 0 Å². The standard InChI is InChI=1S/C12H19NO/c1-4-11-12(8(2)7-13-11)10-5-6-14-9(10)3/h5-6,8,11-13H,4,7H2,1-3H3. The van der Waals surface area contributed by atoms with Crippen LogP contribution in [0.5, 0.6) is 0 Å². The molecular formula is C12H19NO. The third-order valence-electron chi connectivity index (χ3n) is 3.45. The maximum absolute atomic E-state index is 5.39. The van der Waals surface area contributed by atoms with E-state index in [0.717, 1.165) is 18.2 Å². The van der Waals surface area contributed by atoms with E-state index in [0.29, 0.717) is 12.0 Å². The van der Waals surface area contributed by atoms with Crippen LogP contribution in [0.15, 0.2) is 16.7 Å². The van der Waals surface area contributed by atoms with Gasteiger partial charge in [0, 0.05) is 12.0 Å². The Hall–Kier alpha value is -0.760. The molecule has 2 nitrogen and oxygen atoms in total. The molecule has 0 spiro atoms. The Balaban J connectivity index is 2.27. The summed E-state index contributed by atoms with van der Waals surface area (Å²) in [5.41, 5.74) is 1.40. The average molecular weight is 193 g/mol. The highest BCUT2D eigenvalue weighted by atomic mass is 16.3. The molecular weight excluding hydrogens is 174 g/mol. The van der Waals surface area contributed by atoms with E-state index >= 15 is 0 Å². The lowest BCUT2D eigenvalue weighted by molar-refractivity contribution is 0.465. The predicted molar refractivity (Wildman–Crippen MR) is 57.4 cm³/mol. The molecule has 0 aromatic carbocycles. The third-order valence-corrected chi connectivity index (χ3v) is 3.45.